The van der Waals surface area contributed by atoms with Crippen LogP contribution in [0.25, 0.3) is 0 Å². The Kier molecular flexibility index (Phi) is 7.62. The Morgan fingerprint density at radius 3 is 2.54 bits per heavy atom. The quantitative estimate of drug-likeness (QED) is 0.593. The lowest BCUT2D eigenvalue weighted by molar-refractivity contribution is -0.128. The molecule has 2 rings (SSSR count). The van der Waals surface area contributed by atoms with Crippen LogP contribution in [0.5, 0.6) is 5.75 Å². The van der Waals surface area contributed by atoms with Gasteiger partial charge in [-0.1, -0.05) is 12.1 Å². The van der Waals surface area contributed by atoms with E-state index in [9.17, 15) is 13.6 Å². The number of nitrogens with zero attached hydrogens (tertiary/aromatic N) is 3. The van der Waals surface area contributed by atoms with Gasteiger partial charge in [0.15, 0.2) is 5.96 Å². The van der Waals surface area contributed by atoms with E-state index in [2.05, 4.69) is 15.0 Å². The summed E-state index contributed by atoms with van der Waals surface area (Å²) in [5.74, 6) is 0.802. The van der Waals surface area contributed by atoms with Crippen molar-refractivity contribution in [3.05, 3.63) is 29.8 Å². The molecule has 8 heteroatoms. The zero-order valence-corrected chi connectivity index (χ0v) is 15.3. The van der Waals surface area contributed by atoms with Crippen LogP contribution in [0, 0.1) is 0 Å². The molecule has 1 N–H and O–H groups in total. The highest BCUT2D eigenvalue weighted by Crippen LogP contribution is 2.15. The molecule has 1 aromatic rings. The number of hydrogen-bond acceptors (Lipinski definition) is 3. The Morgan fingerprint density at radius 2 is 1.96 bits per heavy atom. The lowest BCUT2D eigenvalue weighted by atomic mass is 10.2. The van der Waals surface area contributed by atoms with Gasteiger partial charge in [-0.05, 0) is 37.5 Å². The summed E-state index contributed by atoms with van der Waals surface area (Å²) in [5, 5.41) is 3.17. The normalized spacial score (nSPS) is 14.7. The zero-order chi connectivity index (χ0) is 18.9. The van der Waals surface area contributed by atoms with E-state index in [0.717, 1.165) is 31.5 Å². The molecular weight excluding hydrogens is 342 g/mol. The average Bonchev–Trinajstić information content (AvgIpc) is 3.14. The predicted molar refractivity (Wildman–Crippen MR) is 96.3 cm³/mol. The minimum absolute atomic E-state index is 0.0415. The van der Waals surface area contributed by atoms with Gasteiger partial charge in [0.25, 0.3) is 0 Å². The highest BCUT2D eigenvalue weighted by molar-refractivity contribution is 5.85. The monoisotopic (exact) mass is 368 g/mol. The number of rotatable bonds is 7. The fourth-order valence-electron chi connectivity index (χ4n) is 2.80. The van der Waals surface area contributed by atoms with Gasteiger partial charge in [0.2, 0.25) is 5.91 Å². The van der Waals surface area contributed by atoms with Gasteiger partial charge in [0, 0.05) is 33.2 Å². The van der Waals surface area contributed by atoms with Gasteiger partial charge in [-0.15, -0.1) is 0 Å². The van der Waals surface area contributed by atoms with Crippen LogP contribution in [0.15, 0.2) is 29.3 Å². The molecule has 144 valence electrons. The number of hydrogen-bond donors (Lipinski definition) is 1. The molecule has 1 aliphatic heterocycles. The Morgan fingerprint density at radius 1 is 1.31 bits per heavy atom. The summed E-state index contributed by atoms with van der Waals surface area (Å²) in [6.45, 7) is 2.09. The molecule has 1 amide bonds. The van der Waals surface area contributed by atoms with E-state index in [0.29, 0.717) is 19.0 Å². The topological polar surface area (TPSA) is 57.2 Å². The third-order valence-electron chi connectivity index (χ3n) is 4.09. The molecule has 6 nitrogen and oxygen atoms in total. The zero-order valence-electron chi connectivity index (χ0n) is 15.3. The predicted octanol–water partition coefficient (Wildman–Crippen LogP) is 2.31. The molecule has 0 spiro atoms. The van der Waals surface area contributed by atoms with Gasteiger partial charge in [-0.2, -0.15) is 8.78 Å². The third kappa shape index (κ3) is 6.16. The van der Waals surface area contributed by atoms with Crippen molar-refractivity contribution in [1.82, 2.24) is 15.1 Å². The molecule has 0 unspecified atom stereocenters. The first-order chi connectivity index (χ1) is 12.5. The number of guanidine groups is 1. The molecule has 0 aromatic heterocycles. The minimum Gasteiger partial charge on any atom is -0.435 e. The van der Waals surface area contributed by atoms with E-state index < -0.39 is 6.61 Å². The fraction of sp³-hybridized carbons (Fsp3) is 0.556. The maximum absolute atomic E-state index is 12.2. The van der Waals surface area contributed by atoms with Crippen molar-refractivity contribution in [3.63, 3.8) is 0 Å². The van der Waals surface area contributed by atoms with Crippen LogP contribution >= 0.6 is 0 Å². The van der Waals surface area contributed by atoms with Gasteiger partial charge in [-0.25, -0.2) is 4.99 Å². The van der Waals surface area contributed by atoms with E-state index in [1.54, 1.807) is 12.1 Å². The standard InChI is InChI=1S/C18H26F2N4O2/c1-3-21-18(22-12-16(25)24-10-4-5-11-24)23(2)13-14-6-8-15(9-7-14)26-17(19)20/h6-9,17H,3-5,10-13H2,1-2H3,(H,21,22). The summed E-state index contributed by atoms with van der Waals surface area (Å²) in [4.78, 5) is 20.3. The number of carbonyl (C=O) groups is 1. The molecular formula is C18H26F2N4O2. The number of alkyl halides is 2. The first-order valence-electron chi connectivity index (χ1n) is 8.80. The Hall–Kier alpha value is -2.38. The van der Waals surface area contributed by atoms with Gasteiger partial charge in [0.1, 0.15) is 12.3 Å². The number of ether oxygens (including phenoxy) is 1. The van der Waals surface area contributed by atoms with Crippen LogP contribution < -0.4 is 10.1 Å². The lowest BCUT2D eigenvalue weighted by Gasteiger charge is -2.22. The van der Waals surface area contributed by atoms with Gasteiger partial charge in [0.05, 0.1) is 0 Å². The molecule has 1 aliphatic rings. The van der Waals surface area contributed by atoms with Crippen LogP contribution in [0.2, 0.25) is 0 Å². The van der Waals surface area contributed by atoms with Gasteiger partial charge >= 0.3 is 6.61 Å². The van der Waals surface area contributed by atoms with Crippen molar-refractivity contribution in [1.29, 1.82) is 0 Å². The van der Waals surface area contributed by atoms with E-state index in [4.69, 9.17) is 0 Å². The SMILES string of the molecule is CCNC(=NCC(=O)N1CCCC1)N(C)Cc1ccc(OC(F)F)cc1. The molecule has 0 radical (unpaired) electrons. The van der Waals surface area contributed by atoms with Crippen LogP contribution in [-0.2, 0) is 11.3 Å². The largest absolute Gasteiger partial charge is 0.435 e. The van der Waals surface area contributed by atoms with E-state index in [1.165, 1.54) is 12.1 Å². The Bertz CT molecular complexity index is 602. The molecule has 1 saturated heterocycles. The van der Waals surface area contributed by atoms with Gasteiger partial charge < -0.3 is 19.9 Å². The molecule has 0 atom stereocenters. The Balaban J connectivity index is 1.94. The number of aliphatic imine (C=N–C) groups is 1. The van der Waals surface area contributed by atoms with Crippen molar-refractivity contribution in [2.75, 3.05) is 33.2 Å². The average molecular weight is 368 g/mol. The maximum atomic E-state index is 12.2. The second kappa shape index (κ2) is 9.94. The summed E-state index contributed by atoms with van der Waals surface area (Å²) in [7, 11) is 1.87. The van der Waals surface area contributed by atoms with E-state index >= 15 is 0 Å². The number of amides is 1. The molecule has 0 saturated carbocycles. The maximum Gasteiger partial charge on any atom is 0.387 e. The molecule has 1 fully saturated rings. The Labute approximate surface area is 152 Å². The van der Waals surface area contributed by atoms with E-state index in [-0.39, 0.29) is 18.2 Å². The summed E-state index contributed by atoms with van der Waals surface area (Å²) in [6.07, 6.45) is 2.11. The highest BCUT2D eigenvalue weighted by atomic mass is 19.3. The van der Waals surface area contributed by atoms with Crippen LogP contribution in [0.1, 0.15) is 25.3 Å². The summed E-state index contributed by atoms with van der Waals surface area (Å²) in [5.41, 5.74) is 0.922. The summed E-state index contributed by atoms with van der Waals surface area (Å²) >= 11 is 0. The van der Waals surface area contributed by atoms with Crippen molar-refractivity contribution in [2.45, 2.75) is 32.9 Å². The third-order valence-corrected chi connectivity index (χ3v) is 4.09. The molecule has 0 aliphatic carbocycles. The van der Waals surface area contributed by atoms with Crippen molar-refractivity contribution < 1.29 is 18.3 Å². The number of benzene rings is 1. The number of carbonyl (C=O) groups excluding carboxylic acids is 1. The second-order valence-corrected chi connectivity index (χ2v) is 6.14. The van der Waals surface area contributed by atoms with E-state index in [1.807, 2.05) is 23.8 Å². The molecule has 0 bridgehead atoms. The molecule has 1 heterocycles. The number of nitrogens with one attached hydrogen (secondary N) is 1. The smallest absolute Gasteiger partial charge is 0.387 e. The van der Waals surface area contributed by atoms with Crippen LogP contribution in [0.4, 0.5) is 8.78 Å². The molecule has 26 heavy (non-hydrogen) atoms. The van der Waals surface area contributed by atoms with Crippen LogP contribution in [-0.4, -0.2) is 61.5 Å². The lowest BCUT2D eigenvalue weighted by Crippen LogP contribution is -2.39. The van der Waals surface area contributed by atoms with Crippen molar-refractivity contribution in [2.24, 2.45) is 4.99 Å². The van der Waals surface area contributed by atoms with Crippen LogP contribution in [0.3, 0.4) is 0 Å². The number of halogens is 2. The fourth-order valence-corrected chi connectivity index (χ4v) is 2.80. The summed E-state index contributed by atoms with van der Waals surface area (Å²) in [6, 6.07) is 6.48. The van der Waals surface area contributed by atoms with Crippen molar-refractivity contribution in [3.8, 4) is 5.75 Å². The first kappa shape index (κ1) is 19.9. The molecule has 1 aromatic carbocycles. The van der Waals surface area contributed by atoms with Gasteiger partial charge in [-0.3, -0.25) is 4.79 Å². The van der Waals surface area contributed by atoms with Crippen molar-refractivity contribution >= 4 is 11.9 Å². The first-order valence-corrected chi connectivity index (χ1v) is 8.80. The second-order valence-electron chi connectivity index (χ2n) is 6.14. The minimum atomic E-state index is -2.83. The highest BCUT2D eigenvalue weighted by Gasteiger charge is 2.17. The summed E-state index contributed by atoms with van der Waals surface area (Å²) < 4.78 is 28.7. The number of likely N-dealkylation sites (tertiary alicyclic amines) is 1.